The number of anilines is 2. The summed E-state index contributed by atoms with van der Waals surface area (Å²) in [6, 6.07) is 8.34. The smallest absolute Gasteiger partial charge is 0.227 e. The molecule has 2 heterocycles. The second-order valence-corrected chi connectivity index (χ2v) is 5.12. The Morgan fingerprint density at radius 3 is 2.48 bits per heavy atom. The molecule has 0 amide bonds. The zero-order chi connectivity index (χ0) is 14.8. The van der Waals surface area contributed by atoms with Crippen LogP contribution in [0.5, 0.6) is 0 Å². The highest BCUT2D eigenvalue weighted by atomic mass is 15.3. The first-order chi connectivity index (χ1) is 10.1. The molecule has 106 valence electrons. The monoisotopic (exact) mass is 279 g/mol. The Hall–Kier alpha value is -2.69. The van der Waals surface area contributed by atoms with Crippen molar-refractivity contribution in [2.45, 2.75) is 13.8 Å². The molecule has 0 bridgehead atoms. The van der Waals surface area contributed by atoms with Crippen LogP contribution in [-0.4, -0.2) is 19.7 Å². The third kappa shape index (κ3) is 2.91. The standard InChI is InChI=1S/C16H17N5/c1-11-4-6-13(7-5-11)15-12(2)8-17-16(20-15)19-14-9-18-21(3)10-14/h4-10H,1-3H3,(H,17,19,20). The van der Waals surface area contributed by atoms with Crippen molar-refractivity contribution >= 4 is 11.6 Å². The lowest BCUT2D eigenvalue weighted by Crippen LogP contribution is -1.99. The van der Waals surface area contributed by atoms with E-state index in [-0.39, 0.29) is 0 Å². The van der Waals surface area contributed by atoms with E-state index in [4.69, 9.17) is 0 Å². The van der Waals surface area contributed by atoms with Crippen molar-refractivity contribution in [1.29, 1.82) is 0 Å². The van der Waals surface area contributed by atoms with E-state index < -0.39 is 0 Å². The maximum absolute atomic E-state index is 4.62. The fourth-order valence-corrected chi connectivity index (χ4v) is 2.12. The normalized spacial score (nSPS) is 10.6. The highest BCUT2D eigenvalue weighted by Crippen LogP contribution is 2.23. The Morgan fingerprint density at radius 2 is 1.81 bits per heavy atom. The molecule has 1 N–H and O–H groups in total. The number of hydrogen-bond donors (Lipinski definition) is 1. The van der Waals surface area contributed by atoms with E-state index >= 15 is 0 Å². The zero-order valence-corrected chi connectivity index (χ0v) is 12.3. The zero-order valence-electron chi connectivity index (χ0n) is 12.3. The number of nitrogens with zero attached hydrogens (tertiary/aromatic N) is 4. The van der Waals surface area contributed by atoms with Gasteiger partial charge in [-0.1, -0.05) is 29.8 Å². The van der Waals surface area contributed by atoms with Crippen LogP contribution in [0.15, 0.2) is 42.9 Å². The number of aromatic nitrogens is 4. The Morgan fingerprint density at radius 1 is 1.05 bits per heavy atom. The lowest BCUT2D eigenvalue weighted by Gasteiger charge is -2.08. The van der Waals surface area contributed by atoms with Gasteiger partial charge >= 0.3 is 0 Å². The third-order valence-electron chi connectivity index (χ3n) is 3.26. The summed E-state index contributed by atoms with van der Waals surface area (Å²) in [7, 11) is 1.87. The van der Waals surface area contributed by atoms with E-state index in [0.29, 0.717) is 5.95 Å². The average molecular weight is 279 g/mol. The summed E-state index contributed by atoms with van der Waals surface area (Å²) in [6.07, 6.45) is 5.46. The molecule has 0 atom stereocenters. The number of rotatable bonds is 3. The summed E-state index contributed by atoms with van der Waals surface area (Å²) in [5, 5.41) is 7.29. The van der Waals surface area contributed by atoms with Crippen LogP contribution in [0.4, 0.5) is 11.6 Å². The van der Waals surface area contributed by atoms with Crippen LogP contribution in [0.1, 0.15) is 11.1 Å². The minimum atomic E-state index is 0.573. The van der Waals surface area contributed by atoms with Crippen LogP contribution < -0.4 is 5.32 Å². The van der Waals surface area contributed by atoms with E-state index in [1.54, 1.807) is 10.9 Å². The highest BCUT2D eigenvalue weighted by Gasteiger charge is 2.07. The SMILES string of the molecule is Cc1ccc(-c2nc(Nc3cnn(C)c3)ncc2C)cc1. The summed E-state index contributed by atoms with van der Waals surface area (Å²) in [5.74, 6) is 0.573. The van der Waals surface area contributed by atoms with Crippen LogP contribution >= 0.6 is 0 Å². The molecule has 5 nitrogen and oxygen atoms in total. The van der Waals surface area contributed by atoms with Gasteiger partial charge in [0.2, 0.25) is 5.95 Å². The minimum absolute atomic E-state index is 0.573. The molecule has 0 unspecified atom stereocenters. The van der Waals surface area contributed by atoms with Gasteiger partial charge in [-0.3, -0.25) is 4.68 Å². The molecule has 0 spiro atoms. The first kappa shape index (κ1) is 13.3. The van der Waals surface area contributed by atoms with Crippen molar-refractivity contribution in [3.63, 3.8) is 0 Å². The number of benzene rings is 1. The molecule has 5 heteroatoms. The predicted molar refractivity (Wildman–Crippen MR) is 83.4 cm³/mol. The molecule has 21 heavy (non-hydrogen) atoms. The average Bonchev–Trinajstić information content (AvgIpc) is 2.87. The van der Waals surface area contributed by atoms with Gasteiger partial charge in [0.25, 0.3) is 0 Å². The summed E-state index contributed by atoms with van der Waals surface area (Å²) < 4.78 is 1.73. The van der Waals surface area contributed by atoms with E-state index in [1.165, 1.54) is 5.56 Å². The minimum Gasteiger partial charge on any atom is -0.321 e. The van der Waals surface area contributed by atoms with E-state index in [9.17, 15) is 0 Å². The largest absolute Gasteiger partial charge is 0.321 e. The van der Waals surface area contributed by atoms with Gasteiger partial charge in [0.05, 0.1) is 17.6 Å². The predicted octanol–water partition coefficient (Wildman–Crippen LogP) is 3.24. The Bertz CT molecular complexity index is 759. The van der Waals surface area contributed by atoms with Crippen LogP contribution in [0.25, 0.3) is 11.3 Å². The second kappa shape index (κ2) is 5.36. The van der Waals surface area contributed by atoms with Gasteiger partial charge in [0, 0.05) is 25.0 Å². The van der Waals surface area contributed by atoms with Crippen molar-refractivity contribution < 1.29 is 0 Å². The molecule has 0 fully saturated rings. The maximum Gasteiger partial charge on any atom is 0.227 e. The Balaban J connectivity index is 1.94. The molecule has 0 aliphatic carbocycles. The first-order valence-corrected chi connectivity index (χ1v) is 6.78. The van der Waals surface area contributed by atoms with E-state index in [2.05, 4.69) is 51.6 Å². The maximum atomic E-state index is 4.62. The number of aryl methyl sites for hydroxylation is 3. The van der Waals surface area contributed by atoms with Gasteiger partial charge in [0.15, 0.2) is 0 Å². The van der Waals surface area contributed by atoms with E-state index in [0.717, 1.165) is 22.5 Å². The van der Waals surface area contributed by atoms with Crippen molar-refractivity contribution in [2.75, 3.05) is 5.32 Å². The molecule has 0 radical (unpaired) electrons. The van der Waals surface area contributed by atoms with Crippen molar-refractivity contribution in [3.05, 3.63) is 54.0 Å². The molecule has 0 aliphatic rings. The lowest BCUT2D eigenvalue weighted by atomic mass is 10.1. The van der Waals surface area contributed by atoms with Crippen molar-refractivity contribution in [1.82, 2.24) is 19.7 Å². The van der Waals surface area contributed by atoms with Crippen LogP contribution in [0.3, 0.4) is 0 Å². The molecular weight excluding hydrogens is 262 g/mol. The van der Waals surface area contributed by atoms with Crippen molar-refractivity contribution in [2.24, 2.45) is 7.05 Å². The Kier molecular flexibility index (Phi) is 3.39. The molecule has 0 aliphatic heterocycles. The third-order valence-corrected chi connectivity index (χ3v) is 3.26. The van der Waals surface area contributed by atoms with Gasteiger partial charge in [0.1, 0.15) is 0 Å². The lowest BCUT2D eigenvalue weighted by molar-refractivity contribution is 0.768. The van der Waals surface area contributed by atoms with Crippen LogP contribution in [-0.2, 0) is 7.05 Å². The molecule has 3 rings (SSSR count). The quantitative estimate of drug-likeness (QED) is 0.799. The number of nitrogens with one attached hydrogen (secondary N) is 1. The van der Waals surface area contributed by atoms with Crippen LogP contribution in [0.2, 0.25) is 0 Å². The summed E-state index contributed by atoms with van der Waals surface area (Å²) >= 11 is 0. The fourth-order valence-electron chi connectivity index (χ4n) is 2.12. The van der Waals surface area contributed by atoms with E-state index in [1.807, 2.05) is 26.4 Å². The van der Waals surface area contributed by atoms with Gasteiger partial charge in [-0.05, 0) is 19.4 Å². The summed E-state index contributed by atoms with van der Waals surface area (Å²) in [5.41, 5.74) is 5.19. The molecule has 2 aromatic heterocycles. The second-order valence-electron chi connectivity index (χ2n) is 5.12. The first-order valence-electron chi connectivity index (χ1n) is 6.78. The number of hydrogen-bond acceptors (Lipinski definition) is 4. The molecule has 1 aromatic carbocycles. The molecular formula is C16H17N5. The van der Waals surface area contributed by atoms with Gasteiger partial charge in [-0.25, -0.2) is 9.97 Å². The topological polar surface area (TPSA) is 55.6 Å². The summed E-state index contributed by atoms with van der Waals surface area (Å²) in [6.45, 7) is 4.09. The van der Waals surface area contributed by atoms with Gasteiger partial charge in [-0.2, -0.15) is 5.10 Å². The van der Waals surface area contributed by atoms with Gasteiger partial charge < -0.3 is 5.32 Å². The van der Waals surface area contributed by atoms with Crippen LogP contribution in [0, 0.1) is 13.8 Å². The summed E-state index contributed by atoms with van der Waals surface area (Å²) in [4.78, 5) is 8.94. The molecule has 0 saturated heterocycles. The van der Waals surface area contributed by atoms with Gasteiger partial charge in [-0.15, -0.1) is 0 Å². The van der Waals surface area contributed by atoms with Crippen molar-refractivity contribution in [3.8, 4) is 11.3 Å². The highest BCUT2D eigenvalue weighted by molar-refractivity contribution is 5.65. The fraction of sp³-hybridized carbons (Fsp3) is 0.188. The molecule has 0 saturated carbocycles. The Labute approximate surface area is 123 Å². The molecule has 3 aromatic rings.